The zero-order chi connectivity index (χ0) is 14.7. The van der Waals surface area contributed by atoms with Gasteiger partial charge >= 0.3 is 0 Å². The van der Waals surface area contributed by atoms with E-state index in [1.54, 1.807) is 0 Å². The van der Waals surface area contributed by atoms with Gasteiger partial charge in [0.2, 0.25) is 5.91 Å². The first-order valence-corrected chi connectivity index (χ1v) is 7.95. The number of rotatable bonds is 2. The summed E-state index contributed by atoms with van der Waals surface area (Å²) < 4.78 is 5.50. The SMILES string of the molecule is O=C(N1CCNCC1)C1(c2ccccc2Cl)CCOCC1. The van der Waals surface area contributed by atoms with Gasteiger partial charge in [0.15, 0.2) is 0 Å². The van der Waals surface area contributed by atoms with E-state index in [0.717, 1.165) is 31.7 Å². The van der Waals surface area contributed by atoms with E-state index < -0.39 is 5.41 Å². The van der Waals surface area contributed by atoms with Gasteiger partial charge in [-0.1, -0.05) is 29.8 Å². The molecule has 0 bridgehead atoms. The Kier molecular flexibility index (Phi) is 4.48. The summed E-state index contributed by atoms with van der Waals surface area (Å²) >= 11 is 6.41. The summed E-state index contributed by atoms with van der Waals surface area (Å²) in [5, 5.41) is 3.97. The highest BCUT2D eigenvalue weighted by Crippen LogP contribution is 2.40. The van der Waals surface area contributed by atoms with Gasteiger partial charge in [0, 0.05) is 44.4 Å². The minimum absolute atomic E-state index is 0.209. The van der Waals surface area contributed by atoms with Crippen molar-refractivity contribution in [2.75, 3.05) is 39.4 Å². The van der Waals surface area contributed by atoms with Crippen LogP contribution in [0.1, 0.15) is 18.4 Å². The molecule has 21 heavy (non-hydrogen) atoms. The highest BCUT2D eigenvalue weighted by molar-refractivity contribution is 6.31. The summed E-state index contributed by atoms with van der Waals surface area (Å²) in [4.78, 5) is 15.2. The summed E-state index contributed by atoms with van der Waals surface area (Å²) in [7, 11) is 0. The maximum Gasteiger partial charge on any atom is 0.233 e. The third-order valence-electron chi connectivity index (χ3n) is 4.55. The van der Waals surface area contributed by atoms with Gasteiger partial charge in [0.1, 0.15) is 0 Å². The quantitative estimate of drug-likeness (QED) is 0.906. The number of piperazine rings is 1. The van der Waals surface area contributed by atoms with E-state index in [4.69, 9.17) is 16.3 Å². The number of halogens is 1. The van der Waals surface area contributed by atoms with Crippen molar-refractivity contribution in [1.29, 1.82) is 0 Å². The van der Waals surface area contributed by atoms with E-state index in [9.17, 15) is 4.79 Å². The number of amides is 1. The molecule has 1 aromatic rings. The number of hydrogen-bond donors (Lipinski definition) is 1. The lowest BCUT2D eigenvalue weighted by Gasteiger charge is -2.41. The first-order chi connectivity index (χ1) is 10.2. The van der Waals surface area contributed by atoms with Gasteiger partial charge in [-0.05, 0) is 24.5 Å². The van der Waals surface area contributed by atoms with Crippen LogP contribution in [0.4, 0.5) is 0 Å². The van der Waals surface area contributed by atoms with Crippen molar-refractivity contribution in [3.8, 4) is 0 Å². The van der Waals surface area contributed by atoms with Crippen molar-refractivity contribution in [2.45, 2.75) is 18.3 Å². The molecular formula is C16H21ClN2O2. The molecule has 1 aromatic carbocycles. The first-order valence-electron chi connectivity index (χ1n) is 7.57. The predicted molar refractivity (Wildman–Crippen MR) is 82.6 cm³/mol. The van der Waals surface area contributed by atoms with Crippen molar-refractivity contribution in [2.24, 2.45) is 0 Å². The number of carbonyl (C=O) groups excluding carboxylic acids is 1. The topological polar surface area (TPSA) is 41.6 Å². The molecule has 2 aliphatic heterocycles. The Balaban J connectivity index is 1.96. The van der Waals surface area contributed by atoms with Crippen LogP contribution >= 0.6 is 11.6 Å². The lowest BCUT2D eigenvalue weighted by atomic mass is 9.72. The molecule has 2 fully saturated rings. The normalized spacial score (nSPS) is 22.0. The van der Waals surface area contributed by atoms with Crippen LogP contribution < -0.4 is 5.32 Å². The van der Waals surface area contributed by atoms with E-state index in [2.05, 4.69) is 5.32 Å². The van der Waals surface area contributed by atoms with Gasteiger partial charge in [-0.15, -0.1) is 0 Å². The molecule has 2 saturated heterocycles. The van der Waals surface area contributed by atoms with Gasteiger partial charge < -0.3 is 15.0 Å². The third-order valence-corrected chi connectivity index (χ3v) is 4.88. The van der Waals surface area contributed by atoms with E-state index in [1.807, 2.05) is 29.2 Å². The molecule has 3 rings (SSSR count). The molecule has 2 heterocycles. The number of benzene rings is 1. The first kappa shape index (κ1) is 14.8. The molecule has 5 heteroatoms. The van der Waals surface area contributed by atoms with Crippen molar-refractivity contribution >= 4 is 17.5 Å². The molecule has 1 amide bonds. The maximum absolute atomic E-state index is 13.2. The summed E-state index contributed by atoms with van der Waals surface area (Å²) in [6.07, 6.45) is 1.42. The van der Waals surface area contributed by atoms with Crippen LogP contribution in [0.3, 0.4) is 0 Å². The molecule has 1 N–H and O–H groups in total. The van der Waals surface area contributed by atoms with Crippen molar-refractivity contribution in [1.82, 2.24) is 10.2 Å². The van der Waals surface area contributed by atoms with Gasteiger partial charge in [0.05, 0.1) is 5.41 Å². The fourth-order valence-electron chi connectivity index (χ4n) is 3.34. The second kappa shape index (κ2) is 6.34. The molecule has 0 aliphatic carbocycles. The van der Waals surface area contributed by atoms with Gasteiger partial charge in [-0.2, -0.15) is 0 Å². The average Bonchev–Trinajstić information content (AvgIpc) is 2.56. The minimum atomic E-state index is -0.520. The molecule has 0 spiro atoms. The Morgan fingerprint density at radius 2 is 1.86 bits per heavy atom. The van der Waals surface area contributed by atoms with Crippen LogP contribution in [-0.2, 0) is 14.9 Å². The summed E-state index contributed by atoms with van der Waals surface area (Å²) in [5.41, 5.74) is 0.437. The standard InChI is InChI=1S/C16H21ClN2O2/c17-14-4-2-1-3-13(14)16(5-11-21-12-6-16)15(20)19-9-7-18-8-10-19/h1-4,18H,5-12H2. The highest BCUT2D eigenvalue weighted by Gasteiger charge is 2.45. The van der Waals surface area contributed by atoms with Crippen LogP contribution in [0.2, 0.25) is 5.02 Å². The highest BCUT2D eigenvalue weighted by atomic mass is 35.5. The molecule has 4 nitrogen and oxygen atoms in total. The third kappa shape index (κ3) is 2.80. The van der Waals surface area contributed by atoms with Crippen LogP contribution in [0.15, 0.2) is 24.3 Å². The summed E-state index contributed by atoms with van der Waals surface area (Å²) in [5.74, 6) is 0.209. The van der Waals surface area contributed by atoms with Crippen LogP contribution in [0.5, 0.6) is 0 Å². The lowest BCUT2D eigenvalue weighted by molar-refractivity contribution is -0.142. The summed E-state index contributed by atoms with van der Waals surface area (Å²) in [6.45, 7) is 4.49. The number of nitrogens with one attached hydrogen (secondary N) is 1. The summed E-state index contributed by atoms with van der Waals surface area (Å²) in [6, 6.07) is 7.74. The van der Waals surface area contributed by atoms with Crippen molar-refractivity contribution in [3.63, 3.8) is 0 Å². The largest absolute Gasteiger partial charge is 0.381 e. The van der Waals surface area contributed by atoms with E-state index in [1.165, 1.54) is 0 Å². The smallest absolute Gasteiger partial charge is 0.233 e. The molecule has 114 valence electrons. The Bertz CT molecular complexity index is 509. The molecule has 2 aliphatic rings. The molecule has 0 atom stereocenters. The Morgan fingerprint density at radius 1 is 1.19 bits per heavy atom. The average molecular weight is 309 g/mol. The Labute approximate surface area is 130 Å². The lowest BCUT2D eigenvalue weighted by Crippen LogP contribution is -2.55. The number of nitrogens with zero attached hydrogens (tertiary/aromatic N) is 1. The maximum atomic E-state index is 13.2. The fraction of sp³-hybridized carbons (Fsp3) is 0.562. The van der Waals surface area contributed by atoms with Crippen molar-refractivity contribution < 1.29 is 9.53 Å². The van der Waals surface area contributed by atoms with Gasteiger partial charge in [-0.25, -0.2) is 0 Å². The van der Waals surface area contributed by atoms with Gasteiger partial charge in [-0.3, -0.25) is 4.79 Å². The fourth-order valence-corrected chi connectivity index (χ4v) is 3.65. The van der Waals surface area contributed by atoms with E-state index >= 15 is 0 Å². The van der Waals surface area contributed by atoms with E-state index in [-0.39, 0.29) is 5.91 Å². The number of ether oxygens (including phenoxy) is 1. The van der Waals surface area contributed by atoms with Crippen LogP contribution in [0, 0.1) is 0 Å². The van der Waals surface area contributed by atoms with Crippen LogP contribution in [-0.4, -0.2) is 50.2 Å². The molecule has 0 saturated carbocycles. The molecule has 0 aromatic heterocycles. The molecule has 0 radical (unpaired) electrons. The van der Waals surface area contributed by atoms with Gasteiger partial charge in [0.25, 0.3) is 0 Å². The van der Waals surface area contributed by atoms with Crippen molar-refractivity contribution in [3.05, 3.63) is 34.9 Å². The second-order valence-corrected chi connectivity index (χ2v) is 6.12. The predicted octanol–water partition coefficient (Wildman–Crippen LogP) is 1.82. The second-order valence-electron chi connectivity index (χ2n) is 5.72. The molecule has 0 unspecified atom stereocenters. The zero-order valence-electron chi connectivity index (χ0n) is 12.1. The van der Waals surface area contributed by atoms with E-state index in [0.29, 0.717) is 31.1 Å². The number of carbonyl (C=O) groups is 1. The monoisotopic (exact) mass is 308 g/mol. The Hall–Kier alpha value is -1.10. The number of hydrogen-bond acceptors (Lipinski definition) is 3. The Morgan fingerprint density at radius 3 is 2.52 bits per heavy atom. The molecular weight excluding hydrogens is 288 g/mol. The zero-order valence-corrected chi connectivity index (χ0v) is 12.9. The minimum Gasteiger partial charge on any atom is -0.381 e. The van der Waals surface area contributed by atoms with Crippen LogP contribution in [0.25, 0.3) is 0 Å².